The predicted octanol–water partition coefficient (Wildman–Crippen LogP) is 3.77. The molecule has 2 aromatic rings. The maximum atomic E-state index is 11.0. The highest BCUT2D eigenvalue weighted by Crippen LogP contribution is 2.34. The summed E-state index contributed by atoms with van der Waals surface area (Å²) in [6.07, 6.45) is 3.38. The molecule has 2 rings (SSSR count). The largest absolute Gasteiger partial charge is 0.346 e. The Morgan fingerprint density at radius 3 is 2.79 bits per heavy atom. The lowest BCUT2D eigenvalue weighted by atomic mass is 10.2. The molecule has 0 fully saturated rings. The number of nitro groups is 1. The maximum absolute atomic E-state index is 11.0. The molecule has 0 amide bonds. The number of hydrogen-bond acceptors (Lipinski definition) is 4. The third kappa shape index (κ3) is 2.85. The van der Waals surface area contributed by atoms with Gasteiger partial charge in [0.2, 0.25) is 0 Å². The lowest BCUT2D eigenvalue weighted by Gasteiger charge is -2.07. The van der Waals surface area contributed by atoms with Gasteiger partial charge in [0.25, 0.3) is 5.69 Å². The van der Waals surface area contributed by atoms with Crippen molar-refractivity contribution >= 4 is 28.7 Å². The standard InChI is InChI=1S/C12H13ClN4O2/c1-8(2)16-7-9(6-14-16)15-12-10(13)4-3-5-11(12)17(18)19/h3-8,15H,1-2H3. The van der Waals surface area contributed by atoms with E-state index < -0.39 is 4.92 Å². The summed E-state index contributed by atoms with van der Waals surface area (Å²) < 4.78 is 1.75. The van der Waals surface area contributed by atoms with Crippen LogP contribution in [0.4, 0.5) is 17.1 Å². The summed E-state index contributed by atoms with van der Waals surface area (Å²) in [7, 11) is 0. The smallest absolute Gasteiger partial charge is 0.294 e. The van der Waals surface area contributed by atoms with Crippen LogP contribution in [-0.4, -0.2) is 14.7 Å². The molecule has 100 valence electrons. The Hall–Kier alpha value is -2.08. The molecule has 0 saturated carbocycles. The number of nitrogens with zero attached hydrogens (tertiary/aromatic N) is 3. The fourth-order valence-electron chi connectivity index (χ4n) is 1.62. The summed E-state index contributed by atoms with van der Waals surface area (Å²) in [5.74, 6) is 0. The van der Waals surface area contributed by atoms with Gasteiger partial charge in [0, 0.05) is 18.3 Å². The first kappa shape index (κ1) is 13.4. The molecular weight excluding hydrogens is 268 g/mol. The SMILES string of the molecule is CC(C)n1cc(Nc2c(Cl)cccc2[N+](=O)[O-])cn1. The fraction of sp³-hybridized carbons (Fsp3) is 0.250. The second kappa shape index (κ2) is 5.27. The molecule has 0 atom stereocenters. The van der Waals surface area contributed by atoms with Crippen LogP contribution in [-0.2, 0) is 0 Å². The van der Waals surface area contributed by atoms with Gasteiger partial charge in [-0.1, -0.05) is 17.7 Å². The van der Waals surface area contributed by atoms with Crippen LogP contribution in [0.15, 0.2) is 30.6 Å². The quantitative estimate of drug-likeness (QED) is 0.683. The van der Waals surface area contributed by atoms with Crippen LogP contribution >= 0.6 is 11.6 Å². The molecule has 0 aliphatic carbocycles. The first-order chi connectivity index (χ1) is 8.99. The van der Waals surface area contributed by atoms with Crippen molar-refractivity contribution < 1.29 is 4.92 Å². The van der Waals surface area contributed by atoms with Crippen LogP contribution < -0.4 is 5.32 Å². The lowest BCUT2D eigenvalue weighted by molar-refractivity contribution is -0.383. The van der Waals surface area contributed by atoms with Crippen LogP contribution in [0.25, 0.3) is 0 Å². The monoisotopic (exact) mass is 280 g/mol. The number of nitro benzene ring substituents is 1. The van der Waals surface area contributed by atoms with Gasteiger partial charge >= 0.3 is 0 Å². The van der Waals surface area contributed by atoms with Gasteiger partial charge in [0.1, 0.15) is 5.69 Å². The van der Waals surface area contributed by atoms with E-state index in [9.17, 15) is 10.1 Å². The number of halogens is 1. The molecule has 1 N–H and O–H groups in total. The van der Waals surface area contributed by atoms with Crippen LogP contribution in [0.5, 0.6) is 0 Å². The molecule has 0 aliphatic heterocycles. The fourth-order valence-corrected chi connectivity index (χ4v) is 1.83. The Kier molecular flexibility index (Phi) is 3.71. The second-order valence-electron chi connectivity index (χ2n) is 4.32. The van der Waals surface area contributed by atoms with Gasteiger partial charge in [-0.2, -0.15) is 5.10 Å². The normalized spacial score (nSPS) is 10.7. The van der Waals surface area contributed by atoms with E-state index >= 15 is 0 Å². The predicted molar refractivity (Wildman–Crippen MR) is 74.0 cm³/mol. The van der Waals surface area contributed by atoms with Gasteiger partial charge in [-0.05, 0) is 19.9 Å². The van der Waals surface area contributed by atoms with Crippen molar-refractivity contribution in [1.82, 2.24) is 9.78 Å². The minimum absolute atomic E-state index is 0.0650. The summed E-state index contributed by atoms with van der Waals surface area (Å²) in [4.78, 5) is 10.5. The molecule has 0 aliphatic rings. The zero-order valence-electron chi connectivity index (χ0n) is 10.5. The number of anilines is 2. The molecule has 0 radical (unpaired) electrons. The number of aromatic nitrogens is 2. The summed E-state index contributed by atoms with van der Waals surface area (Å²) in [6.45, 7) is 3.99. The number of benzene rings is 1. The Balaban J connectivity index is 2.34. The molecule has 1 aromatic heterocycles. The van der Waals surface area contributed by atoms with Crippen molar-refractivity contribution in [3.63, 3.8) is 0 Å². The Morgan fingerprint density at radius 1 is 1.47 bits per heavy atom. The van der Waals surface area contributed by atoms with Crippen LogP contribution in [0.3, 0.4) is 0 Å². The number of para-hydroxylation sites is 1. The van der Waals surface area contributed by atoms with Gasteiger partial charge in [0.05, 0.1) is 21.8 Å². The van der Waals surface area contributed by atoms with E-state index in [0.29, 0.717) is 10.7 Å². The van der Waals surface area contributed by atoms with E-state index in [4.69, 9.17) is 11.6 Å². The van der Waals surface area contributed by atoms with Crippen molar-refractivity contribution in [2.75, 3.05) is 5.32 Å². The molecule has 6 nitrogen and oxygen atoms in total. The third-order valence-corrected chi connectivity index (χ3v) is 2.90. The summed E-state index contributed by atoms with van der Waals surface area (Å²) >= 11 is 6.00. The van der Waals surface area contributed by atoms with E-state index in [2.05, 4.69) is 10.4 Å². The van der Waals surface area contributed by atoms with E-state index in [1.165, 1.54) is 6.07 Å². The number of rotatable bonds is 4. The van der Waals surface area contributed by atoms with Gasteiger partial charge in [0.15, 0.2) is 0 Å². The number of nitrogens with one attached hydrogen (secondary N) is 1. The molecule has 7 heteroatoms. The van der Waals surface area contributed by atoms with Crippen LogP contribution in [0.2, 0.25) is 5.02 Å². The summed E-state index contributed by atoms with van der Waals surface area (Å²) in [5, 5.41) is 18.4. The van der Waals surface area contributed by atoms with Crippen molar-refractivity contribution in [2.24, 2.45) is 0 Å². The minimum Gasteiger partial charge on any atom is -0.346 e. The average Bonchev–Trinajstić information content (AvgIpc) is 2.80. The molecule has 1 heterocycles. The van der Waals surface area contributed by atoms with Gasteiger partial charge in [-0.15, -0.1) is 0 Å². The molecule has 0 saturated heterocycles. The Bertz CT molecular complexity index is 610. The third-order valence-electron chi connectivity index (χ3n) is 2.59. The van der Waals surface area contributed by atoms with Crippen molar-refractivity contribution in [2.45, 2.75) is 19.9 Å². The highest BCUT2D eigenvalue weighted by Gasteiger charge is 2.17. The van der Waals surface area contributed by atoms with Gasteiger partial charge < -0.3 is 5.32 Å². The first-order valence-corrected chi connectivity index (χ1v) is 6.11. The zero-order chi connectivity index (χ0) is 14.0. The Labute approximate surface area is 115 Å². The summed E-state index contributed by atoms with van der Waals surface area (Å²) in [6, 6.07) is 4.77. The van der Waals surface area contributed by atoms with Crippen LogP contribution in [0, 0.1) is 10.1 Å². The minimum atomic E-state index is -0.471. The van der Waals surface area contributed by atoms with E-state index in [1.807, 2.05) is 13.8 Å². The summed E-state index contributed by atoms with van der Waals surface area (Å²) in [5.41, 5.74) is 0.868. The average molecular weight is 281 g/mol. The van der Waals surface area contributed by atoms with Gasteiger partial charge in [-0.3, -0.25) is 14.8 Å². The second-order valence-corrected chi connectivity index (χ2v) is 4.73. The highest BCUT2D eigenvalue weighted by molar-refractivity contribution is 6.33. The van der Waals surface area contributed by atoms with Crippen molar-refractivity contribution in [3.05, 3.63) is 45.7 Å². The lowest BCUT2D eigenvalue weighted by Crippen LogP contribution is -2.00. The molecule has 1 aromatic carbocycles. The van der Waals surface area contributed by atoms with Crippen LogP contribution in [0.1, 0.15) is 19.9 Å². The molecule has 0 spiro atoms. The van der Waals surface area contributed by atoms with Crippen molar-refractivity contribution in [3.8, 4) is 0 Å². The molecule has 19 heavy (non-hydrogen) atoms. The molecular formula is C12H13ClN4O2. The molecule has 0 bridgehead atoms. The Morgan fingerprint density at radius 2 is 2.21 bits per heavy atom. The topological polar surface area (TPSA) is 73.0 Å². The number of hydrogen-bond donors (Lipinski definition) is 1. The maximum Gasteiger partial charge on any atom is 0.294 e. The van der Waals surface area contributed by atoms with E-state index in [0.717, 1.165) is 0 Å². The van der Waals surface area contributed by atoms with E-state index in [1.54, 1.807) is 29.2 Å². The highest BCUT2D eigenvalue weighted by atomic mass is 35.5. The molecule has 0 unspecified atom stereocenters. The van der Waals surface area contributed by atoms with E-state index in [-0.39, 0.29) is 17.4 Å². The zero-order valence-corrected chi connectivity index (χ0v) is 11.3. The van der Waals surface area contributed by atoms with Crippen molar-refractivity contribution in [1.29, 1.82) is 0 Å². The van der Waals surface area contributed by atoms with Gasteiger partial charge in [-0.25, -0.2) is 0 Å². The first-order valence-electron chi connectivity index (χ1n) is 5.73.